The summed E-state index contributed by atoms with van der Waals surface area (Å²) < 4.78 is 85.9. The maximum Gasteiger partial charge on any atom is 0.240 e. The van der Waals surface area contributed by atoms with Crippen molar-refractivity contribution in [2.24, 2.45) is 0 Å². The molecule has 270 valence electrons. The van der Waals surface area contributed by atoms with Gasteiger partial charge in [0.05, 0.1) is 49.5 Å². The number of hydrogen-bond acceptors (Lipinski definition) is 4. The molecule has 5 aromatic heterocycles. The standard InChI is InChI=1S/C51H30N6O/c1-8-23-41-33(16-1)34-17-2-9-24-42(34)56(41)50-52-49(53-51(54-50)57-43-25-10-3-18-35(43)36-19-4-11-26-44(36)57)31-14-13-15-32(30-31)55-40-22-7-5-20-37(40)38-28-29-46-47(48(38)55)39-21-6-12-27-45(39)58-46/h1-30H/i1D,8D,13D,14D,15D,16D,23D,30D. The van der Waals surface area contributed by atoms with E-state index in [0.29, 0.717) is 33.1 Å². The second-order valence-electron chi connectivity index (χ2n) is 14.2. The predicted molar refractivity (Wildman–Crippen MR) is 236 cm³/mol. The van der Waals surface area contributed by atoms with Crippen LogP contribution >= 0.6 is 0 Å². The number of para-hydroxylation sites is 6. The summed E-state index contributed by atoms with van der Waals surface area (Å²) in [5.74, 6) is -0.0872. The van der Waals surface area contributed by atoms with Gasteiger partial charge in [-0.3, -0.25) is 9.13 Å². The zero-order valence-electron chi connectivity index (χ0n) is 38.3. The topological polar surface area (TPSA) is 66.6 Å². The first kappa shape index (κ1) is 24.5. The fourth-order valence-electron chi connectivity index (χ4n) is 8.74. The Balaban J connectivity index is 1.19. The van der Waals surface area contributed by atoms with Crippen LogP contribution in [0.1, 0.15) is 11.0 Å². The third kappa shape index (κ3) is 4.30. The lowest BCUT2D eigenvalue weighted by atomic mass is 10.1. The average molecular weight is 751 g/mol. The molecule has 5 heterocycles. The molecule has 0 amide bonds. The first-order valence-electron chi connectivity index (χ1n) is 22.8. The number of aromatic nitrogens is 6. The molecule has 0 saturated carbocycles. The second-order valence-corrected chi connectivity index (χ2v) is 14.2. The molecule has 0 radical (unpaired) electrons. The predicted octanol–water partition coefficient (Wildman–Crippen LogP) is 12.7. The summed E-state index contributed by atoms with van der Waals surface area (Å²) in [6.45, 7) is 0. The van der Waals surface area contributed by atoms with Crippen molar-refractivity contribution in [2.75, 3.05) is 0 Å². The van der Waals surface area contributed by atoms with Crippen molar-refractivity contribution in [3.8, 4) is 29.0 Å². The summed E-state index contributed by atoms with van der Waals surface area (Å²) in [4.78, 5) is 15.2. The van der Waals surface area contributed by atoms with Gasteiger partial charge in [0.15, 0.2) is 5.82 Å². The van der Waals surface area contributed by atoms with Crippen LogP contribution < -0.4 is 0 Å². The highest BCUT2D eigenvalue weighted by Crippen LogP contribution is 2.41. The SMILES string of the molecule is [2H]c1c([2H])c(-c2nc(-n3c4ccccc4c4ccccc43)nc(-n3c4ccccc4c4c([2H])c([2H])c([2H])c([2H])c43)n2)c([2H])c(-n2c3ccccc3c3ccc4oc5ccccc5c4c32)c1[2H]. The Bertz CT molecular complexity index is 4250. The van der Waals surface area contributed by atoms with E-state index < -0.39 is 18.1 Å². The molecular weight excluding hydrogens is 713 g/mol. The fraction of sp³-hybridized carbons (Fsp3) is 0. The first-order chi connectivity index (χ1) is 32.1. The van der Waals surface area contributed by atoms with Gasteiger partial charge in [0.2, 0.25) is 11.9 Å². The molecule has 0 N–H and O–H groups in total. The van der Waals surface area contributed by atoms with Gasteiger partial charge < -0.3 is 8.98 Å². The van der Waals surface area contributed by atoms with Crippen LogP contribution in [0.4, 0.5) is 0 Å². The van der Waals surface area contributed by atoms with E-state index in [4.69, 9.17) is 23.5 Å². The van der Waals surface area contributed by atoms with Gasteiger partial charge in [-0.1, -0.05) is 121 Å². The van der Waals surface area contributed by atoms with E-state index in [-0.39, 0.29) is 70.1 Å². The van der Waals surface area contributed by atoms with Crippen LogP contribution in [0.25, 0.3) is 116 Å². The fourth-order valence-corrected chi connectivity index (χ4v) is 8.74. The van der Waals surface area contributed by atoms with Crippen molar-refractivity contribution in [1.82, 2.24) is 28.7 Å². The molecule has 0 unspecified atom stereocenters. The normalized spacial score (nSPS) is 14.1. The minimum absolute atomic E-state index is 0.0429. The number of fused-ring (bicyclic) bond motifs is 13. The zero-order valence-corrected chi connectivity index (χ0v) is 30.3. The van der Waals surface area contributed by atoms with Gasteiger partial charge in [0, 0.05) is 49.0 Å². The summed E-state index contributed by atoms with van der Waals surface area (Å²) in [6, 6.07) is 39.2. The highest BCUT2D eigenvalue weighted by molar-refractivity contribution is 6.24. The van der Waals surface area contributed by atoms with E-state index in [2.05, 4.69) is 0 Å². The molecule has 0 aliphatic carbocycles. The molecule has 0 spiro atoms. The lowest BCUT2D eigenvalue weighted by Crippen LogP contribution is -2.10. The molecule has 8 aromatic carbocycles. The minimum Gasteiger partial charge on any atom is -0.456 e. The van der Waals surface area contributed by atoms with Gasteiger partial charge in [-0.2, -0.15) is 15.0 Å². The third-order valence-corrected chi connectivity index (χ3v) is 11.1. The Kier molecular flexibility index (Phi) is 4.95. The Hall–Kier alpha value is -8.03. The number of benzene rings is 8. The number of hydrogen-bond donors (Lipinski definition) is 0. The zero-order chi connectivity index (χ0) is 44.9. The summed E-state index contributed by atoms with van der Waals surface area (Å²) in [5.41, 5.74) is 4.68. The van der Waals surface area contributed by atoms with E-state index in [1.807, 2.05) is 118 Å². The van der Waals surface area contributed by atoms with Crippen molar-refractivity contribution in [3.63, 3.8) is 0 Å². The molecule has 0 bridgehead atoms. The third-order valence-electron chi connectivity index (χ3n) is 11.1. The van der Waals surface area contributed by atoms with Crippen LogP contribution in [0.2, 0.25) is 0 Å². The number of rotatable bonds is 4. The van der Waals surface area contributed by atoms with E-state index in [0.717, 1.165) is 43.4 Å². The maximum atomic E-state index is 10.2. The lowest BCUT2D eigenvalue weighted by Gasteiger charge is -2.14. The monoisotopic (exact) mass is 750 g/mol. The highest BCUT2D eigenvalue weighted by atomic mass is 16.3. The summed E-state index contributed by atoms with van der Waals surface area (Å²) >= 11 is 0. The molecule has 13 aromatic rings. The minimum atomic E-state index is -0.447. The molecule has 0 saturated heterocycles. The average Bonchev–Trinajstić information content (AvgIpc) is 4.09. The number of furan rings is 1. The molecule has 13 rings (SSSR count). The molecule has 58 heavy (non-hydrogen) atoms. The van der Waals surface area contributed by atoms with Gasteiger partial charge in [-0.15, -0.1) is 0 Å². The van der Waals surface area contributed by atoms with Crippen LogP contribution in [0.15, 0.2) is 186 Å². The van der Waals surface area contributed by atoms with Crippen molar-refractivity contribution < 1.29 is 15.4 Å². The van der Waals surface area contributed by atoms with Crippen molar-refractivity contribution >= 4 is 87.4 Å². The van der Waals surface area contributed by atoms with Crippen LogP contribution in [-0.2, 0) is 0 Å². The van der Waals surface area contributed by atoms with E-state index in [1.165, 1.54) is 0 Å². The van der Waals surface area contributed by atoms with Gasteiger partial charge >= 0.3 is 0 Å². The Morgan fingerprint density at radius 3 is 1.66 bits per heavy atom. The van der Waals surface area contributed by atoms with Crippen molar-refractivity contribution in [3.05, 3.63) is 182 Å². The van der Waals surface area contributed by atoms with Crippen molar-refractivity contribution in [2.45, 2.75) is 0 Å². The molecule has 7 nitrogen and oxygen atoms in total. The number of nitrogens with zero attached hydrogens (tertiary/aromatic N) is 6. The second kappa shape index (κ2) is 11.7. The van der Waals surface area contributed by atoms with Gasteiger partial charge in [0.25, 0.3) is 0 Å². The Labute approximate surface area is 341 Å². The van der Waals surface area contributed by atoms with E-state index >= 15 is 0 Å². The van der Waals surface area contributed by atoms with Crippen LogP contribution in [-0.4, -0.2) is 28.7 Å². The highest BCUT2D eigenvalue weighted by Gasteiger charge is 2.22. The van der Waals surface area contributed by atoms with Gasteiger partial charge in [-0.25, -0.2) is 0 Å². The molecule has 0 aliphatic heterocycles. The summed E-state index contributed by atoms with van der Waals surface area (Å²) in [5, 5.41) is 5.97. The quantitative estimate of drug-likeness (QED) is 0.180. The molecule has 0 aliphatic rings. The summed E-state index contributed by atoms with van der Waals surface area (Å²) in [7, 11) is 0. The molecule has 7 heteroatoms. The Morgan fingerprint density at radius 1 is 0.414 bits per heavy atom. The van der Waals surface area contributed by atoms with Crippen LogP contribution in [0.5, 0.6) is 0 Å². The van der Waals surface area contributed by atoms with Gasteiger partial charge in [-0.05, 0) is 60.6 Å². The Morgan fingerprint density at radius 2 is 0.966 bits per heavy atom. The van der Waals surface area contributed by atoms with Crippen molar-refractivity contribution in [1.29, 1.82) is 0 Å². The summed E-state index contributed by atoms with van der Waals surface area (Å²) in [6.07, 6.45) is 0. The van der Waals surface area contributed by atoms with Crippen LogP contribution in [0, 0.1) is 0 Å². The maximum absolute atomic E-state index is 10.2. The molecule has 0 fully saturated rings. The first-order valence-corrected chi connectivity index (χ1v) is 18.8. The largest absolute Gasteiger partial charge is 0.456 e. The van der Waals surface area contributed by atoms with Crippen LogP contribution in [0.3, 0.4) is 0 Å². The van der Waals surface area contributed by atoms with E-state index in [1.54, 1.807) is 28.8 Å². The smallest absolute Gasteiger partial charge is 0.240 e. The molecule has 0 atom stereocenters. The van der Waals surface area contributed by atoms with Gasteiger partial charge in [0.1, 0.15) is 11.2 Å². The van der Waals surface area contributed by atoms with E-state index in [9.17, 15) is 6.85 Å². The molecular formula is C51H30N6O. The lowest BCUT2D eigenvalue weighted by molar-refractivity contribution is 0.669.